The van der Waals surface area contributed by atoms with Crippen LogP contribution >= 0.6 is 0 Å². The van der Waals surface area contributed by atoms with Crippen molar-refractivity contribution in [1.82, 2.24) is 10.6 Å². The first-order valence-electron chi connectivity index (χ1n) is 8.74. The Hall–Kier alpha value is -3.19. The fourth-order valence-electron chi connectivity index (χ4n) is 2.65. The summed E-state index contributed by atoms with van der Waals surface area (Å²) in [6.07, 6.45) is 2.83. The molecule has 1 heterocycles. The number of carbonyl (C=O) groups is 2. The van der Waals surface area contributed by atoms with E-state index < -0.39 is 23.3 Å². The molecule has 0 spiro atoms. The molecule has 9 heteroatoms. The molecule has 0 radical (unpaired) electrons. The Kier molecular flexibility index (Phi) is 7.91. The molecular weight excluding hydrogens is 419 g/mol. The van der Waals surface area contributed by atoms with Crippen molar-refractivity contribution >= 4 is 24.2 Å². The molecule has 2 aromatic rings. The Morgan fingerprint density at radius 2 is 1.14 bits per heavy atom. The number of fused-ring (bicyclic) bond motifs is 4. The summed E-state index contributed by atoms with van der Waals surface area (Å²) in [7, 11) is 0. The minimum absolute atomic E-state index is 0. The number of benzene rings is 2. The molecule has 0 fully saturated rings. The third-order valence-corrected chi connectivity index (χ3v) is 4.10. The number of aliphatic imine (C=N–C) groups is 2. The molecule has 152 valence electrons. The number of nitrogens with one attached hydrogen (secondary N) is 2. The average molecular weight is 437 g/mol. The van der Waals surface area contributed by atoms with Crippen molar-refractivity contribution in [2.45, 2.75) is 0 Å². The van der Waals surface area contributed by atoms with Crippen LogP contribution in [0.25, 0.3) is 0 Å². The first kappa shape index (κ1) is 22.1. The Morgan fingerprint density at radius 3 is 1.55 bits per heavy atom. The van der Waals surface area contributed by atoms with Crippen LogP contribution in [0.4, 0.5) is 0 Å². The molecule has 1 aliphatic rings. The summed E-state index contributed by atoms with van der Waals surface area (Å²) in [6.45, 7) is 0.830. The smallest absolute Gasteiger partial charge is 0.871 e. The third kappa shape index (κ3) is 5.42. The summed E-state index contributed by atoms with van der Waals surface area (Å²) >= 11 is 0. The van der Waals surface area contributed by atoms with E-state index in [1.807, 2.05) is 0 Å². The Balaban J connectivity index is 0.00000300. The molecule has 1 aliphatic heterocycles. The van der Waals surface area contributed by atoms with Gasteiger partial charge in [0.05, 0.1) is 13.1 Å². The van der Waals surface area contributed by atoms with E-state index in [2.05, 4.69) is 20.6 Å². The largest absolute Gasteiger partial charge is 2.00 e. The second-order valence-corrected chi connectivity index (χ2v) is 6.03. The molecule has 2 N–H and O–H groups in total. The van der Waals surface area contributed by atoms with Gasteiger partial charge in [-0.2, -0.15) is 0 Å². The summed E-state index contributed by atoms with van der Waals surface area (Å²) in [5.74, 6) is -1.90. The number of nitrogens with zero attached hydrogens (tertiary/aromatic N) is 2. The molecule has 8 nitrogen and oxygen atoms in total. The Bertz CT molecular complexity index is 882. The molecule has 29 heavy (non-hydrogen) atoms. The molecule has 4 bridgehead atoms. The third-order valence-electron chi connectivity index (χ3n) is 4.10. The fraction of sp³-hybridized carbons (Fsp3) is 0.200. The van der Waals surface area contributed by atoms with Crippen molar-refractivity contribution in [2.75, 3.05) is 26.2 Å². The maximum Gasteiger partial charge on any atom is 2.00 e. The number of hydrogen-bond donors (Lipinski definition) is 2. The predicted molar refractivity (Wildman–Crippen MR) is 101 cm³/mol. The number of carbonyl (C=O) groups excluding carboxylic acids is 2. The van der Waals surface area contributed by atoms with E-state index in [-0.39, 0.29) is 40.7 Å². The van der Waals surface area contributed by atoms with Crippen LogP contribution in [0.15, 0.2) is 46.4 Å². The van der Waals surface area contributed by atoms with E-state index in [1.54, 1.807) is 24.3 Å². The standard InChI is InChI=1S/C20H20N4O4.Ni/c25-17-13-3-1-5-15(17)19(27)23-9-10-24-20(28)16-6-2-4-14(18(16)26)12-22-8-7-21-11-13;/h1-6,11-12,25-26H,7-10H2,(H,23,27)(H,24,28);/q;+2/p-2. The van der Waals surface area contributed by atoms with Gasteiger partial charge in [0.2, 0.25) is 0 Å². The van der Waals surface area contributed by atoms with Crippen molar-refractivity contribution in [2.24, 2.45) is 9.98 Å². The monoisotopic (exact) mass is 436 g/mol. The quantitative estimate of drug-likeness (QED) is 0.556. The topological polar surface area (TPSA) is 129 Å². The summed E-state index contributed by atoms with van der Waals surface area (Å²) in [5.41, 5.74) is 0.620. The van der Waals surface area contributed by atoms with Crippen LogP contribution in [-0.2, 0) is 16.5 Å². The molecular formula is C20H18N4NiO4. The van der Waals surface area contributed by atoms with Crippen molar-refractivity contribution in [1.29, 1.82) is 0 Å². The van der Waals surface area contributed by atoms with Crippen LogP contribution in [-0.4, -0.2) is 50.4 Å². The molecule has 2 amide bonds. The molecule has 3 rings (SSSR count). The van der Waals surface area contributed by atoms with Crippen molar-refractivity contribution in [3.63, 3.8) is 0 Å². The van der Waals surface area contributed by atoms with Crippen LogP contribution in [0.3, 0.4) is 0 Å². The maximum absolute atomic E-state index is 12.4. The van der Waals surface area contributed by atoms with Crippen LogP contribution in [0.2, 0.25) is 0 Å². The normalized spacial score (nSPS) is 14.8. The Labute approximate surface area is 177 Å². The van der Waals surface area contributed by atoms with Crippen LogP contribution in [0, 0.1) is 0 Å². The first-order valence-corrected chi connectivity index (χ1v) is 8.74. The average Bonchev–Trinajstić information content (AvgIpc) is 2.69. The van der Waals surface area contributed by atoms with Gasteiger partial charge in [-0.15, -0.1) is 0 Å². The minimum atomic E-state index is -0.535. The van der Waals surface area contributed by atoms with E-state index in [9.17, 15) is 19.8 Å². The summed E-state index contributed by atoms with van der Waals surface area (Å²) in [5, 5.41) is 29.9. The van der Waals surface area contributed by atoms with Crippen molar-refractivity contribution in [3.05, 3.63) is 58.7 Å². The van der Waals surface area contributed by atoms with Crippen LogP contribution < -0.4 is 20.8 Å². The zero-order valence-electron chi connectivity index (χ0n) is 15.3. The van der Waals surface area contributed by atoms with Gasteiger partial charge in [-0.25, -0.2) is 0 Å². The van der Waals surface area contributed by atoms with Crippen LogP contribution in [0.1, 0.15) is 31.8 Å². The van der Waals surface area contributed by atoms with Gasteiger partial charge in [-0.05, 0) is 11.1 Å². The first-order chi connectivity index (χ1) is 13.6. The molecule has 2 aromatic carbocycles. The van der Waals surface area contributed by atoms with Gasteiger partial charge in [0.15, 0.2) is 0 Å². The van der Waals surface area contributed by atoms with E-state index in [4.69, 9.17) is 0 Å². The maximum atomic E-state index is 12.4. The van der Waals surface area contributed by atoms with Gasteiger partial charge in [0.25, 0.3) is 11.8 Å². The summed E-state index contributed by atoms with van der Waals surface area (Å²) in [4.78, 5) is 32.8. The molecule has 0 aliphatic carbocycles. The van der Waals surface area contributed by atoms with Gasteiger partial charge in [-0.3, -0.25) is 19.6 Å². The second kappa shape index (κ2) is 10.4. The Morgan fingerprint density at radius 1 is 0.724 bits per heavy atom. The van der Waals surface area contributed by atoms with E-state index >= 15 is 0 Å². The number of para-hydroxylation sites is 2. The fourth-order valence-corrected chi connectivity index (χ4v) is 2.65. The van der Waals surface area contributed by atoms with Gasteiger partial charge in [0, 0.05) is 36.6 Å². The van der Waals surface area contributed by atoms with Gasteiger partial charge >= 0.3 is 16.5 Å². The van der Waals surface area contributed by atoms with Crippen molar-refractivity contribution < 1.29 is 36.3 Å². The molecule has 0 saturated carbocycles. The van der Waals surface area contributed by atoms with E-state index in [0.717, 1.165) is 0 Å². The van der Waals surface area contributed by atoms with Gasteiger partial charge in [0.1, 0.15) is 0 Å². The predicted octanol–water partition coefficient (Wildman–Crippen LogP) is -0.157. The zero-order valence-corrected chi connectivity index (χ0v) is 16.3. The summed E-state index contributed by atoms with van der Waals surface area (Å²) in [6, 6.07) is 9.26. The van der Waals surface area contributed by atoms with Crippen molar-refractivity contribution in [3.8, 4) is 11.5 Å². The number of amides is 2. The molecule has 0 unspecified atom stereocenters. The zero-order chi connectivity index (χ0) is 19.9. The molecule has 0 saturated heterocycles. The minimum Gasteiger partial charge on any atom is -0.871 e. The number of hydrogen-bond acceptors (Lipinski definition) is 6. The van der Waals surface area contributed by atoms with Gasteiger partial charge < -0.3 is 20.8 Å². The SMILES string of the molecule is O=C1NCCNC(=O)c2cccc(c2[O-])C=NCCN=Cc2cccc1c2[O-].[Ni+2]. The van der Waals surface area contributed by atoms with E-state index in [0.29, 0.717) is 24.2 Å². The van der Waals surface area contributed by atoms with E-state index in [1.165, 1.54) is 24.6 Å². The summed E-state index contributed by atoms with van der Waals surface area (Å²) < 4.78 is 0. The van der Waals surface area contributed by atoms with Crippen LogP contribution in [0.5, 0.6) is 11.5 Å². The number of rotatable bonds is 0. The molecule has 0 aromatic heterocycles. The second-order valence-electron chi connectivity index (χ2n) is 6.03. The molecule has 0 atom stereocenters. The van der Waals surface area contributed by atoms with Gasteiger partial charge in [-0.1, -0.05) is 47.9 Å².